The molecule has 8 nitrogen and oxygen atoms in total. The number of carbonyl (C=O) groups is 3. The molecule has 0 atom stereocenters. The fraction of sp³-hybridized carbons (Fsp3) is 0.0526. The first-order valence-electron chi connectivity index (χ1n) is 8.36. The maximum Gasteiger partial charge on any atom is 0.323 e. The van der Waals surface area contributed by atoms with Gasteiger partial charge in [-0.1, -0.05) is 29.8 Å². The number of H-pyrrole nitrogens is 1. The summed E-state index contributed by atoms with van der Waals surface area (Å²) in [5.74, 6) is -5.32. The fourth-order valence-corrected chi connectivity index (χ4v) is 2.78. The number of benzene rings is 2. The number of nitrogens with zero attached hydrogens (tertiary/aromatic N) is 2. The number of nitrogens with one attached hydrogen (secondary N) is 2. The number of aliphatic carboxylic acids is 1. The number of para-hydroxylation sites is 1. The molecule has 0 unspecified atom stereocenters. The highest BCUT2D eigenvalue weighted by Crippen LogP contribution is 2.22. The molecule has 0 aliphatic rings. The van der Waals surface area contributed by atoms with Crippen molar-refractivity contribution in [1.29, 1.82) is 0 Å². The highest BCUT2D eigenvalue weighted by Gasteiger charge is 2.23. The number of hydrogen-bond donors (Lipinski definition) is 3. The molecule has 11 heteroatoms. The van der Waals surface area contributed by atoms with Crippen LogP contribution in [0.1, 0.15) is 20.8 Å². The van der Waals surface area contributed by atoms with E-state index in [9.17, 15) is 23.2 Å². The van der Waals surface area contributed by atoms with Crippen molar-refractivity contribution in [3.05, 3.63) is 76.4 Å². The van der Waals surface area contributed by atoms with Gasteiger partial charge in [0.15, 0.2) is 17.3 Å². The Kier molecular flexibility index (Phi) is 6.07. The molecule has 2 amide bonds. The molecule has 0 fully saturated rings. The number of halogens is 3. The maximum absolute atomic E-state index is 13.4. The molecule has 1 heterocycles. The van der Waals surface area contributed by atoms with Crippen LogP contribution in [0.25, 0.3) is 0 Å². The van der Waals surface area contributed by atoms with Crippen LogP contribution in [0.15, 0.2) is 48.5 Å². The average molecular weight is 435 g/mol. The van der Waals surface area contributed by atoms with Gasteiger partial charge in [-0.15, -0.1) is 0 Å². The lowest BCUT2D eigenvalue weighted by atomic mass is 10.2. The molecule has 154 valence electrons. The van der Waals surface area contributed by atoms with E-state index in [4.69, 9.17) is 16.7 Å². The van der Waals surface area contributed by atoms with Crippen LogP contribution in [0.5, 0.6) is 0 Å². The van der Waals surface area contributed by atoms with Gasteiger partial charge >= 0.3 is 5.97 Å². The summed E-state index contributed by atoms with van der Waals surface area (Å²) in [6, 6.07) is 10.6. The summed E-state index contributed by atoms with van der Waals surface area (Å²) in [7, 11) is 0. The number of carboxylic acids is 1. The van der Waals surface area contributed by atoms with Crippen LogP contribution in [-0.4, -0.2) is 39.6 Å². The van der Waals surface area contributed by atoms with Gasteiger partial charge in [-0.2, -0.15) is 5.10 Å². The first-order valence-corrected chi connectivity index (χ1v) is 8.74. The van der Waals surface area contributed by atoms with Crippen molar-refractivity contribution in [3.63, 3.8) is 0 Å². The second-order valence-electron chi connectivity index (χ2n) is 5.99. The minimum atomic E-state index is -1.25. The highest BCUT2D eigenvalue weighted by molar-refractivity contribution is 6.34. The molecule has 3 aromatic rings. The van der Waals surface area contributed by atoms with Crippen molar-refractivity contribution < 1.29 is 28.3 Å². The van der Waals surface area contributed by atoms with Gasteiger partial charge in [0, 0.05) is 11.8 Å². The van der Waals surface area contributed by atoms with Gasteiger partial charge in [0.25, 0.3) is 11.8 Å². The monoisotopic (exact) mass is 434 g/mol. The standard InChI is InChI=1S/C19H13ClF2N4O4/c20-12-7-14(22)13(21)6-11(12)18(29)23-16-8-15(24-25-16)19(30)26(9-17(27)28)10-4-2-1-3-5-10/h1-8H,9H2,(H,27,28)(H2,23,24,25,29). The third-order valence-corrected chi connectivity index (χ3v) is 4.22. The van der Waals surface area contributed by atoms with Crippen LogP contribution in [0.4, 0.5) is 20.3 Å². The zero-order chi connectivity index (χ0) is 21.8. The number of hydrogen-bond acceptors (Lipinski definition) is 4. The Morgan fingerprint density at radius 1 is 1.10 bits per heavy atom. The summed E-state index contributed by atoms with van der Waals surface area (Å²) in [4.78, 5) is 37.2. The Morgan fingerprint density at radius 2 is 1.77 bits per heavy atom. The molecule has 0 aliphatic heterocycles. The van der Waals surface area contributed by atoms with E-state index in [2.05, 4.69) is 15.5 Å². The van der Waals surface area contributed by atoms with Crippen molar-refractivity contribution in [2.75, 3.05) is 16.8 Å². The SMILES string of the molecule is O=C(O)CN(C(=O)c1cc(NC(=O)c2cc(F)c(F)cc2Cl)[nH]n1)c1ccccc1. The minimum absolute atomic E-state index is 0.0347. The van der Waals surface area contributed by atoms with Gasteiger partial charge in [0.2, 0.25) is 0 Å². The van der Waals surface area contributed by atoms with E-state index in [-0.39, 0.29) is 22.1 Å². The van der Waals surface area contributed by atoms with E-state index < -0.39 is 36.0 Å². The van der Waals surface area contributed by atoms with Gasteiger partial charge in [-0.25, -0.2) is 8.78 Å². The molecule has 1 aromatic heterocycles. The van der Waals surface area contributed by atoms with Gasteiger partial charge in [-0.05, 0) is 24.3 Å². The quantitative estimate of drug-likeness (QED) is 0.515. The summed E-state index contributed by atoms with van der Waals surface area (Å²) >= 11 is 5.77. The van der Waals surface area contributed by atoms with Crippen molar-refractivity contribution >= 4 is 40.9 Å². The molecular formula is C19H13ClF2N4O4. The Bertz CT molecular complexity index is 1120. The number of rotatable bonds is 6. The van der Waals surface area contributed by atoms with Crippen molar-refractivity contribution in [2.45, 2.75) is 0 Å². The van der Waals surface area contributed by atoms with E-state index in [0.717, 1.165) is 4.90 Å². The Balaban J connectivity index is 1.81. The second kappa shape index (κ2) is 8.70. The van der Waals surface area contributed by atoms with E-state index in [1.54, 1.807) is 30.3 Å². The molecule has 3 N–H and O–H groups in total. The zero-order valence-corrected chi connectivity index (χ0v) is 15.8. The average Bonchev–Trinajstić information content (AvgIpc) is 3.17. The van der Waals surface area contributed by atoms with Gasteiger partial charge in [0.05, 0.1) is 10.6 Å². The Morgan fingerprint density at radius 3 is 2.43 bits per heavy atom. The number of carbonyl (C=O) groups excluding carboxylic acids is 2. The third-order valence-electron chi connectivity index (χ3n) is 3.91. The summed E-state index contributed by atoms with van der Waals surface area (Å²) in [6.07, 6.45) is 0. The van der Waals surface area contributed by atoms with E-state index in [1.165, 1.54) is 6.07 Å². The van der Waals surface area contributed by atoms with Gasteiger partial charge in [-0.3, -0.25) is 24.4 Å². The number of anilines is 2. The molecule has 0 bridgehead atoms. The molecule has 3 rings (SSSR count). The molecule has 0 radical (unpaired) electrons. The lowest BCUT2D eigenvalue weighted by Crippen LogP contribution is -2.35. The predicted molar refractivity (Wildman–Crippen MR) is 104 cm³/mol. The van der Waals surface area contributed by atoms with E-state index in [1.807, 2.05) is 0 Å². The number of aromatic amines is 1. The normalized spacial score (nSPS) is 10.5. The van der Waals surface area contributed by atoms with Crippen LogP contribution >= 0.6 is 11.6 Å². The third kappa shape index (κ3) is 4.61. The number of carboxylic acid groups (broad SMARTS) is 1. The first kappa shape index (κ1) is 20.9. The van der Waals surface area contributed by atoms with Crippen LogP contribution < -0.4 is 10.2 Å². The van der Waals surface area contributed by atoms with Crippen molar-refractivity contribution in [3.8, 4) is 0 Å². The topological polar surface area (TPSA) is 115 Å². The molecule has 30 heavy (non-hydrogen) atoms. The van der Waals surface area contributed by atoms with Gasteiger partial charge in [0.1, 0.15) is 12.4 Å². The van der Waals surface area contributed by atoms with Crippen molar-refractivity contribution in [1.82, 2.24) is 10.2 Å². The largest absolute Gasteiger partial charge is 0.480 e. The lowest BCUT2D eigenvalue weighted by Gasteiger charge is -2.19. The summed E-state index contributed by atoms with van der Waals surface area (Å²) in [6.45, 7) is -0.609. The lowest BCUT2D eigenvalue weighted by molar-refractivity contribution is -0.135. The Hall–Kier alpha value is -3.79. The molecule has 0 saturated carbocycles. The fourth-order valence-electron chi connectivity index (χ4n) is 2.54. The number of aromatic nitrogens is 2. The van der Waals surface area contributed by atoms with E-state index in [0.29, 0.717) is 17.8 Å². The van der Waals surface area contributed by atoms with Crippen LogP contribution in [0, 0.1) is 11.6 Å². The minimum Gasteiger partial charge on any atom is -0.480 e. The Labute approximate surface area is 173 Å². The van der Waals surface area contributed by atoms with Crippen LogP contribution in [0.2, 0.25) is 5.02 Å². The zero-order valence-electron chi connectivity index (χ0n) is 15.0. The second-order valence-corrected chi connectivity index (χ2v) is 6.39. The predicted octanol–water partition coefficient (Wildman–Crippen LogP) is 3.33. The van der Waals surface area contributed by atoms with Crippen LogP contribution in [-0.2, 0) is 4.79 Å². The summed E-state index contributed by atoms with van der Waals surface area (Å²) in [5.41, 5.74) is -0.159. The molecule has 0 saturated heterocycles. The molecule has 0 spiro atoms. The van der Waals surface area contributed by atoms with E-state index >= 15 is 0 Å². The first-order chi connectivity index (χ1) is 14.3. The molecule has 0 aliphatic carbocycles. The summed E-state index contributed by atoms with van der Waals surface area (Å²) in [5, 5.41) is 17.3. The smallest absolute Gasteiger partial charge is 0.323 e. The van der Waals surface area contributed by atoms with Gasteiger partial charge < -0.3 is 10.4 Å². The highest BCUT2D eigenvalue weighted by atomic mass is 35.5. The molecule has 2 aromatic carbocycles. The molecular weight excluding hydrogens is 422 g/mol. The summed E-state index contributed by atoms with van der Waals surface area (Å²) < 4.78 is 26.5. The number of amides is 2. The van der Waals surface area contributed by atoms with Crippen LogP contribution in [0.3, 0.4) is 0 Å². The maximum atomic E-state index is 13.4. The van der Waals surface area contributed by atoms with Crippen molar-refractivity contribution in [2.24, 2.45) is 0 Å².